The Labute approximate surface area is 660 Å². The highest BCUT2D eigenvalue weighted by Gasteiger charge is 2.51. The summed E-state index contributed by atoms with van der Waals surface area (Å²) >= 11 is 12.0. The van der Waals surface area contributed by atoms with Gasteiger partial charge in [-0.2, -0.15) is 13.2 Å². The van der Waals surface area contributed by atoms with Crippen molar-refractivity contribution in [1.29, 1.82) is 0 Å². The summed E-state index contributed by atoms with van der Waals surface area (Å²) in [5.74, 6) is -5.71. The maximum absolute atomic E-state index is 14.3. The van der Waals surface area contributed by atoms with Gasteiger partial charge in [-0.05, 0) is 233 Å². The van der Waals surface area contributed by atoms with Crippen LogP contribution in [0.4, 0.5) is 82.9 Å². The van der Waals surface area contributed by atoms with E-state index in [1.54, 1.807) is 52.3 Å². The van der Waals surface area contributed by atoms with E-state index in [0.29, 0.717) is 161 Å². The maximum atomic E-state index is 14.3. The van der Waals surface area contributed by atoms with Crippen molar-refractivity contribution in [2.45, 2.75) is 73.7 Å². The van der Waals surface area contributed by atoms with Gasteiger partial charge in [-0.25, -0.2) is 36.3 Å². The lowest BCUT2D eigenvalue weighted by molar-refractivity contribution is -0.275. The second-order valence-corrected chi connectivity index (χ2v) is 29.6. The molecule has 15 rings (SSSR count). The highest BCUT2D eigenvalue weighted by atomic mass is 35.5. The van der Waals surface area contributed by atoms with Gasteiger partial charge < -0.3 is 24.2 Å². The van der Waals surface area contributed by atoms with E-state index in [4.69, 9.17) is 23.2 Å². The quantitative estimate of drug-likeness (QED) is 0.0762. The number of carbonyl (C=O) groups is 3. The summed E-state index contributed by atoms with van der Waals surface area (Å²) in [5, 5.41) is 0.342. The van der Waals surface area contributed by atoms with Crippen LogP contribution in [0.1, 0.15) is 109 Å². The second kappa shape index (κ2) is 34.1. The number of likely N-dealkylation sites (tertiary alicyclic amines) is 3. The van der Waals surface area contributed by atoms with Crippen molar-refractivity contribution in [3.05, 3.63) is 289 Å². The summed E-state index contributed by atoms with van der Waals surface area (Å²) in [4.78, 5) is 62.6. The Morgan fingerprint density at radius 3 is 1.20 bits per heavy atom. The molecular formula is C84H70Cl2F15N9O5. The summed E-state index contributed by atoms with van der Waals surface area (Å²) in [6.45, 7) is 6.47. The number of halogens is 17. The Morgan fingerprint density at radius 2 is 0.774 bits per heavy atom. The third kappa shape index (κ3) is 19.5. The third-order valence-electron chi connectivity index (χ3n) is 21.5. The third-order valence-corrected chi connectivity index (χ3v) is 21.9. The second-order valence-electron chi connectivity index (χ2n) is 28.8. The molecule has 3 saturated heterocycles. The van der Waals surface area contributed by atoms with Crippen molar-refractivity contribution in [1.82, 2.24) is 29.7 Å². The van der Waals surface area contributed by atoms with Crippen molar-refractivity contribution in [2.75, 3.05) is 93.2 Å². The molecule has 0 radical (unpaired) electrons. The number of alkyl halides is 9. The van der Waals surface area contributed by atoms with Crippen LogP contribution < -0.4 is 24.2 Å². The lowest BCUT2D eigenvalue weighted by Gasteiger charge is -2.39. The molecule has 6 aliphatic rings. The predicted molar refractivity (Wildman–Crippen MR) is 404 cm³/mol. The van der Waals surface area contributed by atoms with Crippen molar-refractivity contribution in [3.63, 3.8) is 0 Å². The van der Waals surface area contributed by atoms with Crippen LogP contribution in [0.2, 0.25) is 10.3 Å². The fraction of sp³-hybridized carbons (Fsp3) is 0.286. The van der Waals surface area contributed by atoms with Gasteiger partial charge in [0.15, 0.2) is 11.6 Å². The van der Waals surface area contributed by atoms with Crippen LogP contribution in [0.5, 0.6) is 11.5 Å². The van der Waals surface area contributed by atoms with E-state index in [1.807, 2.05) is 18.2 Å². The van der Waals surface area contributed by atoms with E-state index >= 15 is 0 Å². The highest BCUT2D eigenvalue weighted by molar-refractivity contribution is 6.30. The van der Waals surface area contributed by atoms with Gasteiger partial charge in [0.05, 0.1) is 0 Å². The summed E-state index contributed by atoms with van der Waals surface area (Å²) < 4.78 is 207. The number of carbonyl (C=O) groups excluding carboxylic acids is 3. The monoisotopic (exact) mass is 1640 g/mol. The number of nitrogens with zero attached hydrogens (tertiary/aromatic N) is 9. The van der Waals surface area contributed by atoms with Crippen molar-refractivity contribution >= 4 is 76.2 Å². The molecule has 9 heterocycles. The topological polar surface area (TPSA) is 128 Å². The minimum Gasteiger partial charge on any atom is -0.406 e. The van der Waals surface area contributed by atoms with Crippen LogP contribution in [0.3, 0.4) is 0 Å². The first-order valence-corrected chi connectivity index (χ1v) is 37.1. The zero-order chi connectivity index (χ0) is 81.8. The van der Waals surface area contributed by atoms with Crippen LogP contribution >= 0.6 is 23.2 Å². The molecule has 600 valence electrons. The highest BCUT2D eigenvalue weighted by Crippen LogP contribution is 2.52. The lowest BCUT2D eigenvalue weighted by atomic mass is 9.74. The molecule has 0 saturated carbocycles. The molecular weight excluding hydrogens is 1570 g/mol. The van der Waals surface area contributed by atoms with Crippen molar-refractivity contribution in [2.24, 2.45) is 0 Å². The van der Waals surface area contributed by atoms with Gasteiger partial charge in [0.25, 0.3) is 17.7 Å². The van der Waals surface area contributed by atoms with Crippen LogP contribution in [0.15, 0.2) is 188 Å². The molecule has 0 atom stereocenters. The van der Waals surface area contributed by atoms with Crippen molar-refractivity contribution in [3.8, 4) is 11.5 Å². The zero-order valence-corrected chi connectivity index (χ0v) is 62.4. The van der Waals surface area contributed by atoms with Crippen molar-refractivity contribution < 1.29 is 89.7 Å². The molecule has 3 spiro atoms. The molecule has 9 aromatic rings. The number of rotatable bonds is 14. The first kappa shape index (κ1) is 82.4. The van der Waals surface area contributed by atoms with E-state index < -0.39 is 75.8 Å². The minimum absolute atomic E-state index is 0.143. The summed E-state index contributed by atoms with van der Waals surface area (Å²) in [5.41, 5.74) is 3.05. The number of pyridine rings is 3. The zero-order valence-electron chi connectivity index (χ0n) is 60.8. The Hall–Kier alpha value is -10.6. The summed E-state index contributed by atoms with van der Waals surface area (Å²) in [6, 6.07) is 33.7. The Balaban J connectivity index is 0.000000150. The van der Waals surface area contributed by atoms with Gasteiger partial charge >= 0.3 is 18.9 Å². The van der Waals surface area contributed by atoms with Crippen LogP contribution in [-0.2, 0) is 22.4 Å². The first-order valence-electron chi connectivity index (χ1n) is 36.4. The van der Waals surface area contributed by atoms with E-state index in [0.717, 1.165) is 36.0 Å². The fourth-order valence-electron chi connectivity index (χ4n) is 15.7. The molecule has 14 nitrogen and oxygen atoms in total. The van der Waals surface area contributed by atoms with E-state index in [-0.39, 0.29) is 57.1 Å². The van der Waals surface area contributed by atoms with E-state index in [2.05, 4.69) is 39.1 Å². The van der Waals surface area contributed by atoms with Crippen LogP contribution in [0.25, 0.3) is 18.2 Å². The molecule has 0 N–H and O–H groups in total. The standard InChI is InChI=1S/C28H23ClF5N3O2.C28H24ClF4N3O2.C28H23F6N3O/c29-25-15-19(7-10-35-25)26(38)37-17-27(21-16-20(4-6-24(21)37)39-28(32,33)34)8-12-36(13-9-27)11-1-2-18-3-5-22(30)23(31)14-18;29-25-16-20(9-12-34-25)26(37)36-18-27(23-17-22(7-8-24(23)36)38-28(31,32)33)10-14-35(15-11-27)13-1-2-19-3-5-21(30)6-4-19;29-20-5-6-24-22(15-20)27(17-37(24)26(38)19-7-10-35-25(14-19)28(32,33)34)8-12-36(13-9-27)11-1-2-18-3-4-21(30)16-23(18)31/h1-7,10,14-16H,8-9,11-13,17H2;1-9,12,16-17H,10-11,13-15,18H2;1-7,10,14-16H,8-9,11-13,17H2/b3*2-1+. The number of hydrogen-bond donors (Lipinski definition) is 0. The molecule has 3 amide bonds. The number of piperidine rings is 3. The van der Waals surface area contributed by atoms with Crippen LogP contribution in [-0.4, -0.2) is 139 Å². The van der Waals surface area contributed by atoms with Gasteiger partial charge in [-0.3, -0.25) is 34.1 Å². The predicted octanol–water partition coefficient (Wildman–Crippen LogP) is 19.3. The maximum Gasteiger partial charge on any atom is 0.573 e. The Morgan fingerprint density at radius 1 is 0.391 bits per heavy atom. The Kier molecular flexibility index (Phi) is 24.4. The molecule has 31 heteroatoms. The van der Waals surface area contributed by atoms with Gasteiger partial charge in [-0.1, -0.05) is 77.9 Å². The molecule has 0 bridgehead atoms. The minimum atomic E-state index is -4.84. The van der Waals surface area contributed by atoms with Gasteiger partial charge in [0, 0.05) is 119 Å². The number of ether oxygens (including phenoxy) is 2. The normalized spacial score (nSPS) is 17.2. The molecule has 3 fully saturated rings. The Bertz CT molecular complexity index is 5180. The largest absolute Gasteiger partial charge is 0.573 e. The van der Waals surface area contributed by atoms with E-state index in [9.17, 15) is 80.2 Å². The van der Waals surface area contributed by atoms with Gasteiger partial charge in [-0.15, -0.1) is 26.3 Å². The molecule has 3 aromatic heterocycles. The molecule has 6 aliphatic heterocycles. The number of anilines is 3. The average Bonchev–Trinajstić information content (AvgIpc) is 1.60. The smallest absolute Gasteiger partial charge is 0.406 e. The number of benzene rings is 6. The molecule has 0 unspecified atom stereocenters. The summed E-state index contributed by atoms with van der Waals surface area (Å²) in [7, 11) is 0. The van der Waals surface area contributed by atoms with Crippen LogP contribution in [0, 0.1) is 34.9 Å². The molecule has 6 aromatic carbocycles. The summed E-state index contributed by atoms with van der Waals surface area (Å²) in [6.07, 6.45) is 4.03. The first-order chi connectivity index (χ1) is 54.7. The number of aromatic nitrogens is 3. The molecule has 0 aliphatic carbocycles. The lowest BCUT2D eigenvalue weighted by Crippen LogP contribution is -2.46. The number of amides is 3. The number of fused-ring (bicyclic) bond motifs is 6. The SMILES string of the molecule is O=C(c1ccnc(C(F)(F)F)c1)N1CC2(CCN(C/C=C/c3ccc(F)cc3F)CC2)c2cc(F)ccc21.O=C(c1ccnc(Cl)c1)N1CC2(CCN(C/C=C/c3ccc(F)c(F)c3)CC2)c2cc(OC(F)(F)F)ccc21.O=C(c1ccnc(Cl)c1)N1CC2(CCN(C/C=C/c3ccc(F)cc3)CC2)c2cc(OC(F)(F)F)ccc21. The van der Waals surface area contributed by atoms with Gasteiger partial charge in [0.2, 0.25) is 0 Å². The molecule has 115 heavy (non-hydrogen) atoms. The van der Waals surface area contributed by atoms with E-state index in [1.165, 1.54) is 120 Å². The number of hydrogen-bond acceptors (Lipinski definition) is 11. The average molecular weight is 1640 g/mol. The van der Waals surface area contributed by atoms with Gasteiger partial charge in [0.1, 0.15) is 50.8 Å². The fourth-order valence-corrected chi connectivity index (χ4v) is 16.1.